The maximum atomic E-state index is 12.4. The fraction of sp³-hybridized carbons (Fsp3) is 0.929. The topological polar surface area (TPSA) is 72.9 Å². The van der Waals surface area contributed by atoms with Gasteiger partial charge in [-0.2, -0.15) is 8.42 Å². The molecule has 1 amide bonds. The number of carbonyl (C=O) groups excluding carboxylic acids is 1. The molecule has 2 heterocycles. The minimum Gasteiger partial charge on any atom is -0.444 e. The lowest BCUT2D eigenvalue weighted by Crippen LogP contribution is -2.73. The number of hydrogen-bond donors (Lipinski definition) is 0. The first-order valence-electron chi connectivity index (χ1n) is 7.29. The maximum Gasteiger partial charge on any atom is 0.411 e. The number of rotatable bonds is 3. The lowest BCUT2D eigenvalue weighted by atomic mass is 9.65. The number of nitrogens with zero attached hydrogens (tertiary/aromatic N) is 1. The van der Waals surface area contributed by atoms with Crippen molar-refractivity contribution in [2.45, 2.75) is 64.1 Å². The monoisotopic (exact) mass is 319 g/mol. The minimum atomic E-state index is -3.52. The molecule has 122 valence electrons. The third kappa shape index (κ3) is 3.69. The van der Waals surface area contributed by atoms with Gasteiger partial charge < -0.3 is 4.74 Å². The van der Waals surface area contributed by atoms with Crippen LogP contribution in [0.15, 0.2) is 0 Å². The number of hydrogen-bond acceptors (Lipinski definition) is 5. The van der Waals surface area contributed by atoms with E-state index in [1.54, 1.807) is 4.90 Å². The molecule has 7 heteroatoms. The number of amides is 1. The Labute approximate surface area is 126 Å². The predicted molar refractivity (Wildman–Crippen MR) is 78.4 cm³/mol. The van der Waals surface area contributed by atoms with Crippen LogP contribution in [-0.4, -0.2) is 49.5 Å². The van der Waals surface area contributed by atoms with Gasteiger partial charge in [0.1, 0.15) is 5.60 Å². The van der Waals surface area contributed by atoms with Crippen molar-refractivity contribution in [1.29, 1.82) is 0 Å². The highest BCUT2D eigenvalue weighted by atomic mass is 32.2. The predicted octanol–water partition coefficient (Wildman–Crippen LogP) is 2.14. The molecule has 3 fully saturated rings. The number of piperidine rings is 1. The highest BCUT2D eigenvalue weighted by Crippen LogP contribution is 2.50. The van der Waals surface area contributed by atoms with Gasteiger partial charge >= 0.3 is 6.09 Å². The van der Waals surface area contributed by atoms with Gasteiger partial charge in [-0.3, -0.25) is 9.08 Å². The first kappa shape index (κ1) is 16.5. The zero-order valence-corrected chi connectivity index (χ0v) is 14.2. The summed E-state index contributed by atoms with van der Waals surface area (Å²) in [5.41, 5.74) is -1.10. The van der Waals surface area contributed by atoms with E-state index in [0.29, 0.717) is 5.92 Å². The van der Waals surface area contributed by atoms with Crippen LogP contribution in [0, 0.1) is 5.92 Å². The Balaban J connectivity index is 2.14. The first-order chi connectivity index (χ1) is 9.42. The molecule has 21 heavy (non-hydrogen) atoms. The van der Waals surface area contributed by atoms with Crippen LogP contribution in [0.5, 0.6) is 0 Å². The van der Waals surface area contributed by atoms with Gasteiger partial charge in [0, 0.05) is 6.04 Å². The van der Waals surface area contributed by atoms with E-state index in [-0.39, 0.29) is 18.7 Å². The van der Waals surface area contributed by atoms with Crippen LogP contribution in [0.2, 0.25) is 0 Å². The molecule has 0 radical (unpaired) electrons. The molecule has 0 spiro atoms. The number of carbonyl (C=O) groups is 1. The first-order valence-corrected chi connectivity index (χ1v) is 9.10. The summed E-state index contributed by atoms with van der Waals surface area (Å²) in [5, 5.41) is 0. The molecule has 3 aliphatic rings. The van der Waals surface area contributed by atoms with Gasteiger partial charge in [0.05, 0.1) is 18.4 Å². The van der Waals surface area contributed by atoms with Gasteiger partial charge in [-0.1, -0.05) is 6.92 Å². The number of ether oxygens (including phenoxy) is 1. The summed E-state index contributed by atoms with van der Waals surface area (Å²) in [4.78, 5) is 14.1. The van der Waals surface area contributed by atoms with Crippen LogP contribution in [-0.2, 0) is 19.0 Å². The van der Waals surface area contributed by atoms with Crippen LogP contribution in [0.1, 0.15) is 47.0 Å². The fourth-order valence-electron chi connectivity index (χ4n) is 3.53. The van der Waals surface area contributed by atoms with Crippen molar-refractivity contribution in [2.75, 3.05) is 12.9 Å². The maximum absolute atomic E-state index is 12.4. The molecule has 0 aromatic rings. The van der Waals surface area contributed by atoms with Crippen molar-refractivity contribution in [3.63, 3.8) is 0 Å². The molecule has 1 saturated carbocycles. The van der Waals surface area contributed by atoms with E-state index in [0.717, 1.165) is 25.5 Å². The Morgan fingerprint density at radius 3 is 2.48 bits per heavy atom. The summed E-state index contributed by atoms with van der Waals surface area (Å²) in [5.74, 6) is 0.450. The Bertz CT molecular complexity index is 524. The SMILES string of the molecule is C[C@@H]1C[C@@H]2CC(COS(C)(=O)=O)(C1)N2C(=O)OC(C)(C)C. The summed E-state index contributed by atoms with van der Waals surface area (Å²) in [6.07, 6.45) is 3.12. The Morgan fingerprint density at radius 2 is 1.95 bits per heavy atom. The average molecular weight is 319 g/mol. The second-order valence-corrected chi connectivity index (χ2v) is 9.09. The third-order valence-electron chi connectivity index (χ3n) is 4.03. The normalized spacial score (nSPS) is 32.5. The lowest BCUT2D eigenvalue weighted by molar-refractivity contribution is -0.137. The summed E-state index contributed by atoms with van der Waals surface area (Å²) in [6, 6.07) is 0.131. The molecule has 1 unspecified atom stereocenters. The summed E-state index contributed by atoms with van der Waals surface area (Å²) < 4.78 is 33.0. The highest BCUT2D eigenvalue weighted by Gasteiger charge is 2.59. The van der Waals surface area contributed by atoms with Crippen LogP contribution < -0.4 is 0 Å². The fourth-order valence-corrected chi connectivity index (χ4v) is 3.96. The van der Waals surface area contributed by atoms with Crippen molar-refractivity contribution < 1.29 is 22.1 Å². The van der Waals surface area contributed by atoms with Crippen LogP contribution in [0.3, 0.4) is 0 Å². The Kier molecular flexibility index (Phi) is 4.04. The van der Waals surface area contributed by atoms with E-state index < -0.39 is 21.3 Å². The average Bonchev–Trinajstić information content (AvgIpc) is 2.21. The van der Waals surface area contributed by atoms with Crippen LogP contribution in [0.4, 0.5) is 4.79 Å². The standard InChI is InChI=1S/C14H25NO5S/c1-10-6-11-8-14(7-10,9-19-21(5,17)18)15(11)12(16)20-13(2,3)4/h10-11H,6-9H2,1-5H3/t10-,11-,14?/m1/s1. The Morgan fingerprint density at radius 1 is 1.33 bits per heavy atom. The van der Waals surface area contributed by atoms with E-state index >= 15 is 0 Å². The molecule has 1 aliphatic carbocycles. The van der Waals surface area contributed by atoms with E-state index in [2.05, 4.69) is 6.92 Å². The van der Waals surface area contributed by atoms with Gasteiger partial charge in [0.15, 0.2) is 0 Å². The van der Waals surface area contributed by atoms with Gasteiger partial charge in [0.25, 0.3) is 10.1 Å². The minimum absolute atomic E-state index is 0.0198. The van der Waals surface area contributed by atoms with Crippen LogP contribution >= 0.6 is 0 Å². The van der Waals surface area contributed by atoms with Gasteiger partial charge in [-0.15, -0.1) is 0 Å². The van der Waals surface area contributed by atoms with Crippen molar-refractivity contribution >= 4 is 16.2 Å². The molecule has 0 aromatic heterocycles. The smallest absolute Gasteiger partial charge is 0.411 e. The van der Waals surface area contributed by atoms with Crippen molar-refractivity contribution in [3.05, 3.63) is 0 Å². The van der Waals surface area contributed by atoms with Gasteiger partial charge in [-0.25, -0.2) is 4.79 Å². The van der Waals surface area contributed by atoms with Crippen LogP contribution in [0.25, 0.3) is 0 Å². The molecule has 0 aromatic carbocycles. The molecule has 0 N–H and O–H groups in total. The van der Waals surface area contributed by atoms with Crippen molar-refractivity contribution in [3.8, 4) is 0 Å². The Hall–Kier alpha value is -0.820. The lowest BCUT2D eigenvalue weighted by Gasteiger charge is -2.62. The second kappa shape index (κ2) is 5.12. The summed E-state index contributed by atoms with van der Waals surface area (Å²) in [6.45, 7) is 7.61. The second-order valence-electron chi connectivity index (χ2n) is 7.44. The summed E-state index contributed by atoms with van der Waals surface area (Å²) >= 11 is 0. The van der Waals surface area contributed by atoms with Crippen molar-refractivity contribution in [2.24, 2.45) is 5.92 Å². The van der Waals surface area contributed by atoms with E-state index in [1.165, 1.54) is 0 Å². The molecule has 3 rings (SSSR count). The quantitative estimate of drug-likeness (QED) is 0.745. The third-order valence-corrected chi connectivity index (χ3v) is 4.57. The molecule has 2 aliphatic heterocycles. The van der Waals surface area contributed by atoms with E-state index in [9.17, 15) is 13.2 Å². The van der Waals surface area contributed by atoms with Gasteiger partial charge in [0.2, 0.25) is 0 Å². The molecule has 6 nitrogen and oxygen atoms in total. The molecule has 2 saturated heterocycles. The molecular formula is C14H25NO5S. The van der Waals surface area contributed by atoms with E-state index in [4.69, 9.17) is 8.92 Å². The largest absolute Gasteiger partial charge is 0.444 e. The number of fused-ring (bicyclic) bond motifs is 2. The highest BCUT2D eigenvalue weighted by molar-refractivity contribution is 7.85. The van der Waals surface area contributed by atoms with E-state index in [1.807, 2.05) is 20.8 Å². The van der Waals surface area contributed by atoms with Crippen molar-refractivity contribution in [1.82, 2.24) is 4.90 Å². The summed E-state index contributed by atoms with van der Waals surface area (Å²) in [7, 11) is -3.52. The zero-order valence-electron chi connectivity index (χ0n) is 13.4. The molecular weight excluding hydrogens is 294 g/mol. The molecule has 2 bridgehead atoms. The zero-order chi connectivity index (χ0) is 16.1. The molecule has 3 atom stereocenters. The van der Waals surface area contributed by atoms with Gasteiger partial charge in [-0.05, 0) is 46.0 Å².